The van der Waals surface area contributed by atoms with Gasteiger partial charge in [0.25, 0.3) is 0 Å². The zero-order valence-corrected chi connectivity index (χ0v) is 8.59. The number of fused-ring (bicyclic) bond motifs is 1. The molecule has 1 aromatic rings. The van der Waals surface area contributed by atoms with E-state index in [-0.39, 0.29) is 25.1 Å². The lowest BCUT2D eigenvalue weighted by atomic mass is 10.0. The number of nitrogens with two attached hydrogens (primary N) is 1. The summed E-state index contributed by atoms with van der Waals surface area (Å²) in [6.45, 7) is 0.743. The van der Waals surface area contributed by atoms with Gasteiger partial charge in [-0.05, 0) is 17.2 Å². The van der Waals surface area contributed by atoms with E-state index >= 15 is 0 Å². The first-order valence-electron chi connectivity index (χ1n) is 4.43. The molecule has 1 aliphatic heterocycles. The van der Waals surface area contributed by atoms with Crippen molar-refractivity contribution in [1.29, 1.82) is 0 Å². The van der Waals surface area contributed by atoms with Crippen molar-refractivity contribution >= 4 is 12.4 Å². The molecule has 78 valence electrons. The lowest BCUT2D eigenvalue weighted by Crippen LogP contribution is -2.14. The van der Waals surface area contributed by atoms with Crippen molar-refractivity contribution in [1.82, 2.24) is 0 Å². The molecule has 1 aromatic carbocycles. The highest BCUT2D eigenvalue weighted by Gasteiger charge is 2.13. The highest BCUT2D eigenvalue weighted by molar-refractivity contribution is 5.85. The Kier molecular flexibility index (Phi) is 3.75. The summed E-state index contributed by atoms with van der Waals surface area (Å²) >= 11 is 0. The smallest absolute Gasteiger partial charge is 0.122 e. The van der Waals surface area contributed by atoms with Crippen molar-refractivity contribution in [2.75, 3.05) is 13.2 Å². The molecule has 0 bridgehead atoms. The van der Waals surface area contributed by atoms with Gasteiger partial charge in [0.2, 0.25) is 0 Å². The Bertz CT molecular complexity index is 317. The molecule has 0 unspecified atom stereocenters. The van der Waals surface area contributed by atoms with Crippen LogP contribution in [0.3, 0.4) is 0 Å². The van der Waals surface area contributed by atoms with E-state index in [0.29, 0.717) is 0 Å². The van der Waals surface area contributed by atoms with Crippen LogP contribution in [0, 0.1) is 0 Å². The van der Waals surface area contributed by atoms with E-state index in [4.69, 9.17) is 15.6 Å². The molecule has 14 heavy (non-hydrogen) atoms. The first kappa shape index (κ1) is 11.3. The molecule has 1 atom stereocenters. The third kappa shape index (κ3) is 2.00. The number of benzene rings is 1. The number of aliphatic hydroxyl groups excluding tert-OH is 1. The lowest BCUT2D eigenvalue weighted by molar-refractivity contribution is 0.268. The van der Waals surface area contributed by atoms with Crippen LogP contribution in [0.2, 0.25) is 0 Å². The molecule has 0 radical (unpaired) electrons. The van der Waals surface area contributed by atoms with E-state index in [0.717, 1.165) is 24.3 Å². The average molecular weight is 216 g/mol. The van der Waals surface area contributed by atoms with Crippen LogP contribution in [0.25, 0.3) is 0 Å². The van der Waals surface area contributed by atoms with Crippen LogP contribution in [0.5, 0.6) is 5.75 Å². The van der Waals surface area contributed by atoms with E-state index in [1.165, 1.54) is 5.56 Å². The Morgan fingerprint density at radius 1 is 1.50 bits per heavy atom. The van der Waals surface area contributed by atoms with Gasteiger partial charge in [0.1, 0.15) is 5.75 Å². The minimum absolute atomic E-state index is 0. The van der Waals surface area contributed by atoms with Crippen LogP contribution in [-0.4, -0.2) is 18.3 Å². The molecule has 0 fully saturated rings. The van der Waals surface area contributed by atoms with Gasteiger partial charge in [-0.2, -0.15) is 0 Å². The standard InChI is InChI=1S/C10H13NO2.ClH/c11-9(6-12)7-1-2-10-8(5-7)3-4-13-10;/h1-2,5,9,12H,3-4,6,11H2;1H/t9-;/m1./s1. The Morgan fingerprint density at radius 3 is 3.00 bits per heavy atom. The minimum Gasteiger partial charge on any atom is -0.493 e. The number of halogens is 1. The normalized spacial score (nSPS) is 15.3. The van der Waals surface area contributed by atoms with Crippen LogP contribution in [0.4, 0.5) is 0 Å². The number of aliphatic hydroxyl groups is 1. The Balaban J connectivity index is 0.000000980. The second-order valence-corrected chi connectivity index (χ2v) is 3.25. The van der Waals surface area contributed by atoms with E-state index < -0.39 is 0 Å². The number of ether oxygens (including phenoxy) is 1. The number of hydrogen-bond donors (Lipinski definition) is 2. The predicted octanol–water partition coefficient (Wildman–Crippen LogP) is 1.04. The monoisotopic (exact) mass is 215 g/mol. The van der Waals surface area contributed by atoms with Gasteiger partial charge in [0.15, 0.2) is 0 Å². The van der Waals surface area contributed by atoms with Gasteiger partial charge in [-0.15, -0.1) is 12.4 Å². The topological polar surface area (TPSA) is 55.5 Å². The summed E-state index contributed by atoms with van der Waals surface area (Å²) in [5.41, 5.74) is 7.87. The first-order valence-corrected chi connectivity index (χ1v) is 4.43. The SMILES string of the molecule is Cl.N[C@H](CO)c1ccc2c(c1)CCO2. The fourth-order valence-corrected chi connectivity index (χ4v) is 1.54. The van der Waals surface area contributed by atoms with Crippen molar-refractivity contribution in [3.63, 3.8) is 0 Å². The van der Waals surface area contributed by atoms with E-state index in [9.17, 15) is 0 Å². The van der Waals surface area contributed by atoms with E-state index in [1.54, 1.807) is 0 Å². The molecule has 1 aliphatic rings. The Hall–Kier alpha value is -0.770. The molecule has 0 aromatic heterocycles. The maximum Gasteiger partial charge on any atom is 0.122 e. The van der Waals surface area contributed by atoms with Crippen LogP contribution >= 0.6 is 12.4 Å². The summed E-state index contributed by atoms with van der Waals surface area (Å²) in [4.78, 5) is 0. The largest absolute Gasteiger partial charge is 0.493 e. The Morgan fingerprint density at radius 2 is 2.29 bits per heavy atom. The summed E-state index contributed by atoms with van der Waals surface area (Å²) < 4.78 is 5.36. The molecule has 3 N–H and O–H groups in total. The molecule has 0 spiro atoms. The fourth-order valence-electron chi connectivity index (χ4n) is 1.54. The number of hydrogen-bond acceptors (Lipinski definition) is 3. The molecule has 0 saturated carbocycles. The van der Waals surface area contributed by atoms with Crippen molar-refractivity contribution in [3.05, 3.63) is 29.3 Å². The second-order valence-electron chi connectivity index (χ2n) is 3.25. The van der Waals surface area contributed by atoms with Gasteiger partial charge < -0.3 is 15.6 Å². The summed E-state index contributed by atoms with van der Waals surface area (Å²) in [5.74, 6) is 0.953. The van der Waals surface area contributed by atoms with Gasteiger partial charge in [0.05, 0.1) is 19.3 Å². The van der Waals surface area contributed by atoms with Crippen LogP contribution in [-0.2, 0) is 6.42 Å². The summed E-state index contributed by atoms with van der Waals surface area (Å²) in [6.07, 6.45) is 0.946. The Labute approximate surface area is 89.3 Å². The van der Waals surface area contributed by atoms with Crippen molar-refractivity contribution in [3.8, 4) is 5.75 Å². The highest BCUT2D eigenvalue weighted by Crippen LogP contribution is 2.27. The maximum absolute atomic E-state index is 8.88. The summed E-state index contributed by atoms with van der Waals surface area (Å²) in [6, 6.07) is 5.58. The van der Waals surface area contributed by atoms with Gasteiger partial charge in [0, 0.05) is 6.42 Å². The van der Waals surface area contributed by atoms with E-state index in [1.807, 2.05) is 18.2 Å². The van der Waals surface area contributed by atoms with Crippen LogP contribution in [0.15, 0.2) is 18.2 Å². The molecule has 0 saturated heterocycles. The zero-order valence-electron chi connectivity index (χ0n) is 7.77. The summed E-state index contributed by atoms with van der Waals surface area (Å²) in [5, 5.41) is 8.88. The van der Waals surface area contributed by atoms with Gasteiger partial charge in [-0.25, -0.2) is 0 Å². The zero-order chi connectivity index (χ0) is 9.26. The number of rotatable bonds is 2. The van der Waals surface area contributed by atoms with Crippen molar-refractivity contribution < 1.29 is 9.84 Å². The van der Waals surface area contributed by atoms with Gasteiger partial charge in [-0.3, -0.25) is 0 Å². The average Bonchev–Trinajstić information content (AvgIpc) is 2.63. The van der Waals surface area contributed by atoms with Crippen LogP contribution < -0.4 is 10.5 Å². The highest BCUT2D eigenvalue weighted by atomic mass is 35.5. The molecule has 0 amide bonds. The van der Waals surface area contributed by atoms with Crippen LogP contribution in [0.1, 0.15) is 17.2 Å². The maximum atomic E-state index is 8.88. The lowest BCUT2D eigenvalue weighted by Gasteiger charge is -2.09. The van der Waals surface area contributed by atoms with E-state index in [2.05, 4.69) is 0 Å². The molecule has 4 heteroatoms. The molecular weight excluding hydrogens is 202 g/mol. The van der Waals surface area contributed by atoms with Gasteiger partial charge >= 0.3 is 0 Å². The van der Waals surface area contributed by atoms with Gasteiger partial charge in [-0.1, -0.05) is 12.1 Å². The predicted molar refractivity (Wildman–Crippen MR) is 56.9 cm³/mol. The molecule has 1 heterocycles. The fraction of sp³-hybridized carbons (Fsp3) is 0.400. The second kappa shape index (κ2) is 4.64. The molecular formula is C10H14ClNO2. The van der Waals surface area contributed by atoms with Crippen molar-refractivity contribution in [2.45, 2.75) is 12.5 Å². The quantitative estimate of drug-likeness (QED) is 0.775. The molecule has 3 nitrogen and oxygen atoms in total. The summed E-state index contributed by atoms with van der Waals surface area (Å²) in [7, 11) is 0. The third-order valence-corrected chi connectivity index (χ3v) is 2.34. The minimum atomic E-state index is -0.272. The molecule has 2 rings (SSSR count). The first-order chi connectivity index (χ1) is 6.31. The van der Waals surface area contributed by atoms with Crippen molar-refractivity contribution in [2.24, 2.45) is 5.73 Å². The third-order valence-electron chi connectivity index (χ3n) is 2.34. The molecule has 0 aliphatic carbocycles.